The molecular formula is C18H18F2N2OS. The molecule has 1 amide bonds. The summed E-state index contributed by atoms with van der Waals surface area (Å²) >= 11 is 1.23. The third-order valence-electron chi connectivity index (χ3n) is 6.05. The van der Waals surface area contributed by atoms with E-state index < -0.39 is 11.6 Å². The summed E-state index contributed by atoms with van der Waals surface area (Å²) in [6, 6.07) is 4.21. The third-order valence-corrected chi connectivity index (χ3v) is 7.15. The lowest BCUT2D eigenvalue weighted by molar-refractivity contribution is -0.00138. The number of halogens is 2. The molecule has 6 heteroatoms. The predicted molar refractivity (Wildman–Crippen MR) is 89.3 cm³/mol. The van der Waals surface area contributed by atoms with Crippen molar-refractivity contribution in [2.75, 3.05) is 13.1 Å². The molecule has 1 N–H and O–H groups in total. The topological polar surface area (TPSA) is 32.3 Å². The van der Waals surface area contributed by atoms with Gasteiger partial charge in [0, 0.05) is 10.2 Å². The lowest BCUT2D eigenvalue weighted by Crippen LogP contribution is -2.65. The first kappa shape index (κ1) is 14.8. The summed E-state index contributed by atoms with van der Waals surface area (Å²) in [6.45, 7) is 2.30. The van der Waals surface area contributed by atoms with Crippen LogP contribution in [0.1, 0.15) is 35.4 Å². The van der Waals surface area contributed by atoms with Crippen LogP contribution < -0.4 is 5.32 Å². The van der Waals surface area contributed by atoms with Crippen LogP contribution in [0.25, 0.3) is 10.1 Å². The summed E-state index contributed by atoms with van der Waals surface area (Å²) in [6.07, 6.45) is 4.62. The molecule has 4 heterocycles. The lowest BCUT2D eigenvalue weighted by Gasteiger charge is -2.52. The molecule has 6 rings (SSSR count). The van der Waals surface area contributed by atoms with Crippen molar-refractivity contribution in [2.45, 2.75) is 37.3 Å². The molecule has 1 saturated carbocycles. The second-order valence-corrected chi connectivity index (χ2v) is 8.38. The van der Waals surface area contributed by atoms with Crippen molar-refractivity contribution in [3.63, 3.8) is 0 Å². The first-order valence-corrected chi connectivity index (χ1v) is 9.33. The SMILES string of the molecule is O=C(N[C@@H]1C2CCN(CC2)C12CC2)c1cc2cc(F)c(F)cc2s1. The Morgan fingerprint density at radius 2 is 1.88 bits per heavy atom. The number of carbonyl (C=O) groups is 1. The van der Waals surface area contributed by atoms with Crippen LogP contribution in [0.3, 0.4) is 0 Å². The van der Waals surface area contributed by atoms with Gasteiger partial charge >= 0.3 is 0 Å². The van der Waals surface area contributed by atoms with Crippen LogP contribution >= 0.6 is 11.3 Å². The van der Waals surface area contributed by atoms with Crippen molar-refractivity contribution in [3.8, 4) is 0 Å². The highest BCUT2D eigenvalue weighted by Crippen LogP contribution is 2.53. The Balaban J connectivity index is 1.43. The molecule has 4 fully saturated rings. The number of thiophene rings is 1. The lowest BCUT2D eigenvalue weighted by atomic mass is 9.77. The third kappa shape index (κ3) is 2.05. The number of rotatable bonds is 2. The zero-order valence-corrected chi connectivity index (χ0v) is 14.0. The van der Waals surface area contributed by atoms with Crippen LogP contribution in [0, 0.1) is 17.6 Å². The summed E-state index contributed by atoms with van der Waals surface area (Å²) in [5.74, 6) is -1.29. The van der Waals surface area contributed by atoms with E-state index in [9.17, 15) is 13.6 Å². The van der Waals surface area contributed by atoms with Gasteiger partial charge in [-0.2, -0.15) is 0 Å². The van der Waals surface area contributed by atoms with Gasteiger partial charge < -0.3 is 5.32 Å². The largest absolute Gasteiger partial charge is 0.346 e. The Bertz CT molecular complexity index is 798. The second-order valence-electron chi connectivity index (χ2n) is 7.29. The number of nitrogens with one attached hydrogen (secondary N) is 1. The molecule has 1 aromatic carbocycles. The molecule has 1 aromatic heterocycles. The molecule has 1 spiro atoms. The van der Waals surface area contributed by atoms with Crippen LogP contribution in [-0.2, 0) is 0 Å². The number of amides is 1. The van der Waals surface area contributed by atoms with E-state index in [0.717, 1.165) is 44.8 Å². The molecular weight excluding hydrogens is 330 g/mol. The van der Waals surface area contributed by atoms with Crippen molar-refractivity contribution in [3.05, 3.63) is 34.7 Å². The average Bonchev–Trinajstić information content (AvgIpc) is 3.25. The Hall–Kier alpha value is -1.53. The van der Waals surface area contributed by atoms with Gasteiger partial charge in [-0.15, -0.1) is 11.3 Å². The van der Waals surface area contributed by atoms with E-state index in [1.165, 1.54) is 17.4 Å². The van der Waals surface area contributed by atoms with E-state index in [2.05, 4.69) is 10.2 Å². The smallest absolute Gasteiger partial charge is 0.261 e. The predicted octanol–water partition coefficient (Wildman–Crippen LogP) is 3.54. The number of nitrogens with zero attached hydrogens (tertiary/aromatic N) is 1. The normalized spacial score (nSPS) is 30.0. The molecule has 1 atom stereocenters. The zero-order chi connectivity index (χ0) is 16.5. The fourth-order valence-corrected chi connectivity index (χ4v) is 5.65. The van der Waals surface area contributed by atoms with Crippen LogP contribution in [0.15, 0.2) is 18.2 Å². The molecule has 2 bridgehead atoms. The van der Waals surface area contributed by atoms with E-state index in [0.29, 0.717) is 20.9 Å². The van der Waals surface area contributed by atoms with E-state index in [4.69, 9.17) is 0 Å². The number of hydrogen-bond acceptors (Lipinski definition) is 3. The minimum Gasteiger partial charge on any atom is -0.346 e. The molecule has 24 heavy (non-hydrogen) atoms. The van der Waals surface area contributed by atoms with Crippen LogP contribution in [0.5, 0.6) is 0 Å². The highest BCUT2D eigenvalue weighted by atomic mass is 32.1. The number of piperidine rings is 3. The minimum atomic E-state index is -0.874. The van der Waals surface area contributed by atoms with Crippen molar-refractivity contribution < 1.29 is 13.6 Å². The highest BCUT2D eigenvalue weighted by molar-refractivity contribution is 7.20. The van der Waals surface area contributed by atoms with Gasteiger partial charge in [0.15, 0.2) is 11.6 Å². The van der Waals surface area contributed by atoms with Gasteiger partial charge in [0.25, 0.3) is 5.91 Å². The Kier molecular flexibility index (Phi) is 3.07. The number of hydrogen-bond donors (Lipinski definition) is 1. The molecule has 3 aliphatic heterocycles. The van der Waals surface area contributed by atoms with E-state index in [-0.39, 0.29) is 17.5 Å². The monoisotopic (exact) mass is 348 g/mol. The quantitative estimate of drug-likeness (QED) is 0.900. The highest BCUT2D eigenvalue weighted by Gasteiger charge is 2.60. The molecule has 0 radical (unpaired) electrons. The number of fused-ring (bicyclic) bond motifs is 3. The molecule has 0 unspecified atom stereocenters. The molecule has 2 aromatic rings. The summed E-state index contributed by atoms with van der Waals surface area (Å²) in [7, 11) is 0. The summed E-state index contributed by atoms with van der Waals surface area (Å²) in [5.41, 5.74) is 0.186. The van der Waals surface area contributed by atoms with Gasteiger partial charge in [0.1, 0.15) is 0 Å². The molecule has 126 valence electrons. The molecule has 3 saturated heterocycles. The zero-order valence-electron chi connectivity index (χ0n) is 13.1. The summed E-state index contributed by atoms with van der Waals surface area (Å²) < 4.78 is 27.3. The maximum atomic E-state index is 13.4. The second kappa shape index (κ2) is 4.99. The Labute approximate surface area is 142 Å². The Morgan fingerprint density at radius 1 is 1.17 bits per heavy atom. The Morgan fingerprint density at radius 3 is 2.58 bits per heavy atom. The fraction of sp³-hybridized carbons (Fsp3) is 0.500. The minimum absolute atomic E-state index is 0.109. The molecule has 1 aliphatic carbocycles. The average molecular weight is 348 g/mol. The van der Waals surface area contributed by atoms with Crippen molar-refractivity contribution in [1.29, 1.82) is 0 Å². The van der Waals surface area contributed by atoms with Gasteiger partial charge in [-0.05, 0) is 68.3 Å². The van der Waals surface area contributed by atoms with Crippen LogP contribution in [0.2, 0.25) is 0 Å². The van der Waals surface area contributed by atoms with Gasteiger partial charge in [-0.1, -0.05) is 0 Å². The maximum absolute atomic E-state index is 13.4. The van der Waals surface area contributed by atoms with E-state index >= 15 is 0 Å². The van der Waals surface area contributed by atoms with Crippen molar-refractivity contribution in [2.24, 2.45) is 5.92 Å². The fourth-order valence-electron chi connectivity index (χ4n) is 4.68. The van der Waals surface area contributed by atoms with E-state index in [1.807, 2.05) is 0 Å². The molecule has 3 nitrogen and oxygen atoms in total. The first-order chi connectivity index (χ1) is 11.6. The van der Waals surface area contributed by atoms with Gasteiger partial charge in [-0.25, -0.2) is 8.78 Å². The number of benzene rings is 1. The number of carbonyl (C=O) groups excluding carboxylic acids is 1. The standard InChI is InChI=1S/C18H18F2N2OS/c19-12-7-11-8-15(24-14(11)9-13(12)20)17(23)21-16-10-1-5-22(6-2-10)18(16)3-4-18/h7-10,16H,1-6H2,(H,21,23)/t16-/m1/s1. The first-order valence-electron chi connectivity index (χ1n) is 8.51. The van der Waals surface area contributed by atoms with Gasteiger partial charge in [0.2, 0.25) is 0 Å². The summed E-state index contributed by atoms with van der Waals surface area (Å²) in [5, 5.41) is 3.83. The van der Waals surface area contributed by atoms with Crippen molar-refractivity contribution in [1.82, 2.24) is 10.2 Å². The van der Waals surface area contributed by atoms with Crippen molar-refractivity contribution >= 4 is 27.3 Å². The van der Waals surface area contributed by atoms with E-state index in [1.54, 1.807) is 6.07 Å². The van der Waals surface area contributed by atoms with Crippen LogP contribution in [0.4, 0.5) is 8.78 Å². The molecule has 4 aliphatic rings. The van der Waals surface area contributed by atoms with Gasteiger partial charge in [0.05, 0.1) is 10.9 Å². The summed E-state index contributed by atoms with van der Waals surface area (Å²) in [4.78, 5) is 15.8. The maximum Gasteiger partial charge on any atom is 0.261 e. The van der Waals surface area contributed by atoms with Gasteiger partial charge in [-0.3, -0.25) is 9.69 Å². The van der Waals surface area contributed by atoms with Crippen LogP contribution in [-0.4, -0.2) is 35.5 Å².